The molecule has 1 saturated heterocycles. The normalized spacial score (nSPS) is 24.2. The molecule has 1 heterocycles. The first-order valence-electron chi connectivity index (χ1n) is 5.29. The van der Waals surface area contributed by atoms with Gasteiger partial charge in [0.15, 0.2) is 0 Å². The van der Waals surface area contributed by atoms with Crippen molar-refractivity contribution in [1.82, 2.24) is 4.90 Å². The van der Waals surface area contributed by atoms with Crippen molar-refractivity contribution in [3.8, 4) is 0 Å². The van der Waals surface area contributed by atoms with Crippen molar-refractivity contribution in [2.24, 2.45) is 5.92 Å². The Morgan fingerprint density at radius 3 is 2.54 bits per heavy atom. The third-order valence-corrected chi connectivity index (χ3v) is 3.04. The van der Waals surface area contributed by atoms with E-state index in [0.717, 1.165) is 19.1 Å². The maximum absolute atomic E-state index is 5.36. The molecule has 0 amide bonds. The van der Waals surface area contributed by atoms with E-state index in [0.29, 0.717) is 5.54 Å². The van der Waals surface area contributed by atoms with Gasteiger partial charge in [0.2, 0.25) is 0 Å². The van der Waals surface area contributed by atoms with Crippen LogP contribution >= 0.6 is 0 Å². The van der Waals surface area contributed by atoms with Gasteiger partial charge in [-0.15, -0.1) is 0 Å². The van der Waals surface area contributed by atoms with Gasteiger partial charge in [-0.25, -0.2) is 0 Å². The minimum Gasteiger partial charge on any atom is -0.381 e. The minimum absolute atomic E-state index is 0.305. The van der Waals surface area contributed by atoms with Crippen LogP contribution in [-0.2, 0) is 4.74 Å². The average molecular weight is 185 g/mol. The third kappa shape index (κ3) is 3.65. The monoisotopic (exact) mass is 185 g/mol. The van der Waals surface area contributed by atoms with Gasteiger partial charge < -0.3 is 9.64 Å². The van der Waals surface area contributed by atoms with Crippen molar-refractivity contribution < 1.29 is 4.74 Å². The number of rotatable bonds is 3. The first-order valence-corrected chi connectivity index (χ1v) is 5.29. The highest BCUT2D eigenvalue weighted by Gasteiger charge is 2.20. The Hall–Kier alpha value is -0.0800. The molecule has 0 spiro atoms. The lowest BCUT2D eigenvalue weighted by molar-refractivity contribution is 0.152. The van der Waals surface area contributed by atoms with E-state index in [1.165, 1.54) is 19.4 Å². The van der Waals surface area contributed by atoms with Crippen molar-refractivity contribution in [2.75, 3.05) is 26.8 Å². The molecule has 0 aromatic carbocycles. The molecule has 1 aliphatic rings. The van der Waals surface area contributed by atoms with Crippen molar-refractivity contribution >= 4 is 0 Å². The average Bonchev–Trinajstić information content (AvgIpc) is 2.50. The van der Waals surface area contributed by atoms with Crippen molar-refractivity contribution in [2.45, 2.75) is 39.2 Å². The predicted octanol–water partition coefficient (Wildman–Crippen LogP) is 2.14. The zero-order chi connectivity index (χ0) is 9.90. The summed E-state index contributed by atoms with van der Waals surface area (Å²) in [6, 6.07) is 0. The molecule has 2 nitrogen and oxygen atoms in total. The second-order valence-electron chi connectivity index (χ2n) is 5.11. The van der Waals surface area contributed by atoms with E-state index in [1.54, 1.807) is 0 Å². The van der Waals surface area contributed by atoms with Gasteiger partial charge >= 0.3 is 0 Å². The van der Waals surface area contributed by atoms with E-state index < -0.39 is 0 Å². The SMILES string of the molecule is CN(CCC1CCOC1)C(C)(C)C. The lowest BCUT2D eigenvalue weighted by atomic mass is 10.0. The minimum atomic E-state index is 0.305. The number of hydrogen-bond donors (Lipinski definition) is 0. The molecule has 78 valence electrons. The number of nitrogens with zero attached hydrogens (tertiary/aromatic N) is 1. The summed E-state index contributed by atoms with van der Waals surface area (Å²) in [7, 11) is 2.20. The van der Waals surface area contributed by atoms with Gasteiger partial charge in [0.1, 0.15) is 0 Å². The largest absolute Gasteiger partial charge is 0.381 e. The Morgan fingerprint density at radius 1 is 1.38 bits per heavy atom. The third-order valence-electron chi connectivity index (χ3n) is 3.04. The number of hydrogen-bond acceptors (Lipinski definition) is 2. The highest BCUT2D eigenvalue weighted by molar-refractivity contribution is 4.74. The lowest BCUT2D eigenvalue weighted by Crippen LogP contribution is -2.39. The molecule has 1 unspecified atom stereocenters. The van der Waals surface area contributed by atoms with E-state index >= 15 is 0 Å². The van der Waals surface area contributed by atoms with Crippen LogP contribution in [0.15, 0.2) is 0 Å². The molecule has 0 bridgehead atoms. The maximum Gasteiger partial charge on any atom is 0.0495 e. The molecule has 1 fully saturated rings. The molecule has 0 aromatic heterocycles. The molecular formula is C11H23NO. The lowest BCUT2D eigenvalue weighted by Gasteiger charge is -2.32. The number of ether oxygens (including phenoxy) is 1. The van der Waals surface area contributed by atoms with Crippen LogP contribution in [-0.4, -0.2) is 37.2 Å². The second kappa shape index (κ2) is 4.43. The summed E-state index contributed by atoms with van der Waals surface area (Å²) in [6.45, 7) is 9.94. The van der Waals surface area contributed by atoms with Crippen LogP contribution in [0, 0.1) is 5.92 Å². The predicted molar refractivity (Wildman–Crippen MR) is 55.9 cm³/mol. The fourth-order valence-corrected chi connectivity index (χ4v) is 1.52. The van der Waals surface area contributed by atoms with Crippen LogP contribution in [0.2, 0.25) is 0 Å². The molecule has 1 aliphatic heterocycles. The maximum atomic E-state index is 5.36. The fraction of sp³-hybridized carbons (Fsp3) is 1.00. The zero-order valence-corrected chi connectivity index (χ0v) is 9.47. The topological polar surface area (TPSA) is 12.5 Å². The summed E-state index contributed by atoms with van der Waals surface area (Å²) in [5.74, 6) is 0.810. The van der Waals surface area contributed by atoms with Gasteiger partial charge in [-0.2, -0.15) is 0 Å². The molecule has 2 heteroatoms. The Balaban J connectivity index is 2.17. The van der Waals surface area contributed by atoms with Gasteiger partial charge in [-0.1, -0.05) is 0 Å². The van der Waals surface area contributed by atoms with Crippen LogP contribution < -0.4 is 0 Å². The van der Waals surface area contributed by atoms with Crippen molar-refractivity contribution in [3.63, 3.8) is 0 Å². The van der Waals surface area contributed by atoms with Crippen LogP contribution in [0.3, 0.4) is 0 Å². The van der Waals surface area contributed by atoms with Gasteiger partial charge in [0.25, 0.3) is 0 Å². The van der Waals surface area contributed by atoms with Crippen molar-refractivity contribution in [1.29, 1.82) is 0 Å². The first kappa shape index (κ1) is 11.0. The molecule has 0 N–H and O–H groups in total. The van der Waals surface area contributed by atoms with E-state index in [1.807, 2.05) is 0 Å². The fourth-order valence-electron chi connectivity index (χ4n) is 1.52. The zero-order valence-electron chi connectivity index (χ0n) is 9.47. The Kier molecular flexibility index (Phi) is 3.74. The van der Waals surface area contributed by atoms with E-state index in [-0.39, 0.29) is 0 Å². The van der Waals surface area contributed by atoms with Crippen LogP contribution in [0.1, 0.15) is 33.6 Å². The van der Waals surface area contributed by atoms with Gasteiger partial charge in [-0.05, 0) is 53.1 Å². The van der Waals surface area contributed by atoms with Gasteiger partial charge in [0, 0.05) is 18.8 Å². The molecular weight excluding hydrogens is 162 g/mol. The summed E-state index contributed by atoms with van der Waals surface area (Å²) in [4.78, 5) is 2.42. The molecule has 0 aromatic rings. The molecule has 1 rings (SSSR count). The summed E-state index contributed by atoms with van der Waals surface area (Å²) in [5.41, 5.74) is 0.305. The second-order valence-corrected chi connectivity index (χ2v) is 5.11. The smallest absolute Gasteiger partial charge is 0.0495 e. The van der Waals surface area contributed by atoms with E-state index in [9.17, 15) is 0 Å². The summed E-state index contributed by atoms with van der Waals surface area (Å²) in [6.07, 6.45) is 2.55. The summed E-state index contributed by atoms with van der Waals surface area (Å²) >= 11 is 0. The van der Waals surface area contributed by atoms with Crippen molar-refractivity contribution in [3.05, 3.63) is 0 Å². The van der Waals surface area contributed by atoms with Gasteiger partial charge in [0.05, 0.1) is 0 Å². The Labute approximate surface area is 82.3 Å². The molecule has 0 aliphatic carbocycles. The molecule has 0 radical (unpaired) electrons. The first-order chi connectivity index (χ1) is 6.00. The Morgan fingerprint density at radius 2 is 2.08 bits per heavy atom. The highest BCUT2D eigenvalue weighted by Crippen LogP contribution is 2.18. The van der Waals surface area contributed by atoms with Crippen LogP contribution in [0.25, 0.3) is 0 Å². The van der Waals surface area contributed by atoms with Crippen LogP contribution in [0.5, 0.6) is 0 Å². The van der Waals surface area contributed by atoms with E-state index in [4.69, 9.17) is 4.74 Å². The molecule has 13 heavy (non-hydrogen) atoms. The van der Waals surface area contributed by atoms with Gasteiger partial charge in [-0.3, -0.25) is 0 Å². The standard InChI is InChI=1S/C11H23NO/c1-11(2,3)12(4)7-5-10-6-8-13-9-10/h10H,5-9H2,1-4H3. The highest BCUT2D eigenvalue weighted by atomic mass is 16.5. The molecule has 1 atom stereocenters. The summed E-state index contributed by atoms with van der Waals surface area (Å²) < 4.78 is 5.36. The quantitative estimate of drug-likeness (QED) is 0.668. The molecule has 0 saturated carbocycles. The Bertz CT molecular complexity index is 145. The van der Waals surface area contributed by atoms with Crippen LogP contribution in [0.4, 0.5) is 0 Å². The summed E-state index contributed by atoms with van der Waals surface area (Å²) in [5, 5.41) is 0. The van der Waals surface area contributed by atoms with E-state index in [2.05, 4.69) is 32.7 Å².